The first-order valence-electron chi connectivity index (χ1n) is 7.42. The molecule has 0 radical (unpaired) electrons. The van der Waals surface area contributed by atoms with Gasteiger partial charge in [-0.15, -0.1) is 11.6 Å². The Balaban J connectivity index is 2.17. The average molecular weight is 373 g/mol. The van der Waals surface area contributed by atoms with Crippen molar-refractivity contribution in [3.05, 3.63) is 53.8 Å². The van der Waals surface area contributed by atoms with Crippen molar-refractivity contribution in [3.63, 3.8) is 0 Å². The Bertz CT molecular complexity index is 793. The van der Waals surface area contributed by atoms with Gasteiger partial charge in [0.1, 0.15) is 22.2 Å². The number of aryl methyl sites for hydroxylation is 1. The van der Waals surface area contributed by atoms with Gasteiger partial charge < -0.3 is 8.92 Å². The summed E-state index contributed by atoms with van der Waals surface area (Å²) in [5.41, 5.74) is 0.767. The fourth-order valence-electron chi connectivity index (χ4n) is 2.05. The van der Waals surface area contributed by atoms with Crippen molar-refractivity contribution in [2.45, 2.75) is 24.7 Å². The highest BCUT2D eigenvalue weighted by Gasteiger charge is 2.21. The smallest absolute Gasteiger partial charge is 0.342 e. The number of hydrogen-bond acceptors (Lipinski definition) is 4. The molecule has 0 aliphatic rings. The summed E-state index contributed by atoms with van der Waals surface area (Å²) in [5, 5.41) is 0. The molecule has 0 saturated carbocycles. The molecule has 2 aromatic rings. The largest absolute Gasteiger partial charge is 0.493 e. The first-order valence-corrected chi connectivity index (χ1v) is 9.36. The number of halogens is 2. The van der Waals surface area contributed by atoms with Crippen molar-refractivity contribution in [1.82, 2.24) is 0 Å². The second kappa shape index (κ2) is 8.35. The predicted octanol–water partition coefficient (Wildman–Crippen LogP) is 4.30. The molecule has 0 N–H and O–H groups in total. The molecule has 2 rings (SSSR count). The highest BCUT2D eigenvalue weighted by Crippen LogP contribution is 2.26. The third-order valence-corrected chi connectivity index (χ3v) is 4.68. The van der Waals surface area contributed by atoms with Crippen molar-refractivity contribution in [1.29, 1.82) is 0 Å². The van der Waals surface area contributed by atoms with Gasteiger partial charge in [-0.25, -0.2) is 4.39 Å². The third kappa shape index (κ3) is 5.11. The molecule has 0 atom stereocenters. The van der Waals surface area contributed by atoms with Gasteiger partial charge in [-0.3, -0.25) is 0 Å². The van der Waals surface area contributed by atoms with E-state index in [-0.39, 0.29) is 5.75 Å². The van der Waals surface area contributed by atoms with Crippen LogP contribution in [0.3, 0.4) is 0 Å². The van der Waals surface area contributed by atoms with E-state index in [1.807, 2.05) is 0 Å². The molecule has 0 spiro atoms. The third-order valence-electron chi connectivity index (χ3n) is 3.13. The molecule has 0 unspecified atom stereocenters. The molecule has 0 saturated heterocycles. The van der Waals surface area contributed by atoms with Gasteiger partial charge in [0.05, 0.1) is 6.61 Å². The Hall–Kier alpha value is -1.79. The standard InChI is InChI=1S/C17H18ClFO4S/c1-13-10-14(22-9-5-4-8-18)12-15(11-13)23-24(20,21)17-7-3-2-6-16(17)19/h2-3,6-7,10-12H,4-5,8-9H2,1H3. The molecule has 0 fully saturated rings. The maximum absolute atomic E-state index is 13.7. The fourth-order valence-corrected chi connectivity index (χ4v) is 3.23. The Morgan fingerprint density at radius 2 is 1.79 bits per heavy atom. The second-order valence-electron chi connectivity index (χ2n) is 5.19. The van der Waals surface area contributed by atoms with Gasteiger partial charge in [0, 0.05) is 11.9 Å². The maximum atomic E-state index is 13.7. The van der Waals surface area contributed by atoms with E-state index in [0.717, 1.165) is 30.5 Å². The average Bonchev–Trinajstić information content (AvgIpc) is 2.51. The number of unbranched alkanes of at least 4 members (excludes halogenated alkanes) is 1. The molecular weight excluding hydrogens is 355 g/mol. The molecule has 0 aliphatic heterocycles. The van der Waals surface area contributed by atoms with E-state index >= 15 is 0 Å². The molecule has 7 heteroatoms. The Morgan fingerprint density at radius 1 is 1.08 bits per heavy atom. The SMILES string of the molecule is Cc1cc(OCCCCCl)cc(OS(=O)(=O)c2ccccc2F)c1. The van der Waals surface area contributed by atoms with Gasteiger partial charge in [-0.05, 0) is 49.6 Å². The lowest BCUT2D eigenvalue weighted by Crippen LogP contribution is -2.11. The molecule has 130 valence electrons. The Kier molecular flexibility index (Phi) is 6.45. The Morgan fingerprint density at radius 3 is 2.50 bits per heavy atom. The van der Waals surface area contributed by atoms with E-state index in [1.165, 1.54) is 18.2 Å². The molecule has 2 aromatic carbocycles. The molecule has 0 aromatic heterocycles. The number of benzene rings is 2. The quantitative estimate of drug-likeness (QED) is 0.394. The van der Waals surface area contributed by atoms with Crippen LogP contribution in [0, 0.1) is 12.7 Å². The van der Waals surface area contributed by atoms with E-state index in [9.17, 15) is 12.8 Å². The van der Waals surface area contributed by atoms with E-state index in [0.29, 0.717) is 18.2 Å². The zero-order valence-electron chi connectivity index (χ0n) is 13.2. The number of ether oxygens (including phenoxy) is 1. The molecule has 0 bridgehead atoms. The van der Waals surface area contributed by atoms with Crippen LogP contribution >= 0.6 is 11.6 Å². The van der Waals surface area contributed by atoms with Crippen molar-refractivity contribution < 1.29 is 21.7 Å². The van der Waals surface area contributed by atoms with E-state index in [1.54, 1.807) is 19.1 Å². The second-order valence-corrected chi connectivity index (χ2v) is 7.09. The summed E-state index contributed by atoms with van der Waals surface area (Å²) in [5.74, 6) is 0.267. The van der Waals surface area contributed by atoms with Crippen molar-refractivity contribution in [2.75, 3.05) is 12.5 Å². The molecule has 4 nitrogen and oxygen atoms in total. The highest BCUT2D eigenvalue weighted by atomic mass is 35.5. The normalized spacial score (nSPS) is 11.3. The summed E-state index contributed by atoms with van der Waals surface area (Å²) in [6, 6.07) is 9.84. The van der Waals surface area contributed by atoms with Gasteiger partial charge >= 0.3 is 10.1 Å². The fraction of sp³-hybridized carbons (Fsp3) is 0.294. The topological polar surface area (TPSA) is 52.6 Å². The monoisotopic (exact) mass is 372 g/mol. The van der Waals surface area contributed by atoms with Gasteiger partial charge in [-0.2, -0.15) is 8.42 Å². The number of rotatable bonds is 8. The van der Waals surface area contributed by atoms with E-state index < -0.39 is 20.8 Å². The predicted molar refractivity (Wildman–Crippen MR) is 90.8 cm³/mol. The van der Waals surface area contributed by atoms with Gasteiger partial charge in [0.25, 0.3) is 0 Å². The summed E-state index contributed by atoms with van der Waals surface area (Å²) in [6.45, 7) is 2.25. The Labute approximate surface area is 146 Å². The summed E-state index contributed by atoms with van der Waals surface area (Å²) < 4.78 is 48.8. The van der Waals surface area contributed by atoms with Crippen LogP contribution in [-0.2, 0) is 10.1 Å². The van der Waals surface area contributed by atoms with Crippen LogP contribution in [0.1, 0.15) is 18.4 Å². The summed E-state index contributed by atoms with van der Waals surface area (Å²) >= 11 is 5.60. The van der Waals surface area contributed by atoms with Gasteiger partial charge in [0.15, 0.2) is 0 Å². The number of hydrogen-bond donors (Lipinski definition) is 0. The summed E-state index contributed by atoms with van der Waals surface area (Å²) in [4.78, 5) is -0.504. The van der Waals surface area contributed by atoms with Crippen LogP contribution in [0.4, 0.5) is 4.39 Å². The zero-order valence-corrected chi connectivity index (χ0v) is 14.7. The lowest BCUT2D eigenvalue weighted by molar-refractivity contribution is 0.308. The van der Waals surface area contributed by atoms with Crippen LogP contribution in [0.5, 0.6) is 11.5 Å². The molecule has 24 heavy (non-hydrogen) atoms. The van der Waals surface area contributed by atoms with Crippen LogP contribution in [0.25, 0.3) is 0 Å². The summed E-state index contributed by atoms with van der Waals surface area (Å²) in [6.07, 6.45) is 1.62. The minimum absolute atomic E-state index is 0.0746. The first-order chi connectivity index (χ1) is 11.4. The van der Waals surface area contributed by atoms with Crippen molar-refractivity contribution >= 4 is 21.7 Å². The van der Waals surface area contributed by atoms with Crippen molar-refractivity contribution in [2.24, 2.45) is 0 Å². The summed E-state index contributed by atoms with van der Waals surface area (Å²) in [7, 11) is -4.25. The van der Waals surface area contributed by atoms with Crippen LogP contribution < -0.4 is 8.92 Å². The zero-order chi connectivity index (χ0) is 17.6. The lowest BCUT2D eigenvalue weighted by Gasteiger charge is -2.11. The van der Waals surface area contributed by atoms with Crippen LogP contribution in [-0.4, -0.2) is 20.9 Å². The minimum Gasteiger partial charge on any atom is -0.493 e. The molecule has 0 aliphatic carbocycles. The lowest BCUT2D eigenvalue weighted by atomic mass is 10.2. The molecule has 0 heterocycles. The van der Waals surface area contributed by atoms with Crippen LogP contribution in [0.2, 0.25) is 0 Å². The molecular formula is C17H18ClFO4S. The van der Waals surface area contributed by atoms with Crippen LogP contribution in [0.15, 0.2) is 47.4 Å². The van der Waals surface area contributed by atoms with Gasteiger partial charge in [-0.1, -0.05) is 12.1 Å². The van der Waals surface area contributed by atoms with Gasteiger partial charge in [0.2, 0.25) is 0 Å². The highest BCUT2D eigenvalue weighted by molar-refractivity contribution is 7.87. The van der Waals surface area contributed by atoms with E-state index in [4.69, 9.17) is 20.5 Å². The number of alkyl halides is 1. The maximum Gasteiger partial charge on any atom is 0.342 e. The van der Waals surface area contributed by atoms with E-state index in [2.05, 4.69) is 0 Å². The first kappa shape index (κ1) is 18.5. The molecule has 0 amide bonds. The van der Waals surface area contributed by atoms with Crippen molar-refractivity contribution in [3.8, 4) is 11.5 Å². The minimum atomic E-state index is -4.25.